The highest BCUT2D eigenvalue weighted by atomic mass is 35.5. The molecule has 0 atom stereocenters. The number of aryl methyl sites for hydroxylation is 1. The summed E-state index contributed by atoms with van der Waals surface area (Å²) in [6, 6.07) is 20.6. The Bertz CT molecular complexity index is 1150. The summed E-state index contributed by atoms with van der Waals surface area (Å²) in [6.45, 7) is 2.04. The minimum absolute atomic E-state index is 0.0773. The van der Waals surface area contributed by atoms with Crippen LogP contribution in [0.15, 0.2) is 71.1 Å². The molecule has 152 valence electrons. The molecule has 0 unspecified atom stereocenters. The number of nitrogens with zero attached hydrogens (tertiary/aromatic N) is 1. The monoisotopic (exact) mass is 420 g/mol. The van der Waals surface area contributed by atoms with Gasteiger partial charge in [-0.15, -0.1) is 0 Å². The van der Waals surface area contributed by atoms with Crippen LogP contribution in [-0.2, 0) is 17.6 Å². The number of anilines is 1. The number of oxazole rings is 1. The van der Waals surface area contributed by atoms with E-state index in [1.165, 1.54) is 5.56 Å². The number of amides is 1. The van der Waals surface area contributed by atoms with Crippen LogP contribution in [-0.4, -0.2) is 17.5 Å². The zero-order valence-electron chi connectivity index (χ0n) is 16.5. The highest BCUT2D eigenvalue weighted by molar-refractivity contribution is 6.30. The van der Waals surface area contributed by atoms with E-state index in [0.29, 0.717) is 28.8 Å². The molecule has 0 bridgehead atoms. The van der Waals surface area contributed by atoms with Gasteiger partial charge in [0.2, 0.25) is 0 Å². The molecule has 0 aliphatic rings. The van der Waals surface area contributed by atoms with Crippen LogP contribution >= 0.6 is 11.6 Å². The second-order valence-corrected chi connectivity index (χ2v) is 7.36. The lowest BCUT2D eigenvalue weighted by Gasteiger charge is -2.08. The van der Waals surface area contributed by atoms with Gasteiger partial charge in [-0.3, -0.25) is 4.79 Å². The third-order valence-corrected chi connectivity index (χ3v) is 4.93. The number of rotatable bonds is 7. The first-order chi connectivity index (χ1) is 14.6. The van der Waals surface area contributed by atoms with Crippen molar-refractivity contribution in [2.45, 2.75) is 19.8 Å². The molecule has 5 nitrogen and oxygen atoms in total. The van der Waals surface area contributed by atoms with Crippen LogP contribution in [0.25, 0.3) is 11.1 Å². The summed E-state index contributed by atoms with van der Waals surface area (Å²) in [5, 5.41) is 3.44. The highest BCUT2D eigenvalue weighted by Gasteiger charge is 2.08. The van der Waals surface area contributed by atoms with E-state index in [2.05, 4.69) is 29.4 Å². The van der Waals surface area contributed by atoms with Crippen molar-refractivity contribution < 1.29 is 13.9 Å². The summed E-state index contributed by atoms with van der Waals surface area (Å²) in [5.74, 6) is 1.03. The molecule has 0 aliphatic heterocycles. The van der Waals surface area contributed by atoms with Crippen LogP contribution in [0, 0.1) is 0 Å². The molecule has 4 aromatic rings. The minimum atomic E-state index is -0.233. The molecule has 3 aromatic carbocycles. The number of hydrogen-bond donors (Lipinski definition) is 1. The topological polar surface area (TPSA) is 64.4 Å². The summed E-state index contributed by atoms with van der Waals surface area (Å²) in [7, 11) is 0. The first kappa shape index (κ1) is 20.0. The van der Waals surface area contributed by atoms with Gasteiger partial charge < -0.3 is 14.5 Å². The van der Waals surface area contributed by atoms with E-state index in [0.717, 1.165) is 23.1 Å². The van der Waals surface area contributed by atoms with Crippen molar-refractivity contribution in [2.75, 3.05) is 11.9 Å². The molecule has 6 heteroatoms. The Kier molecular flexibility index (Phi) is 6.00. The summed E-state index contributed by atoms with van der Waals surface area (Å²) in [5.41, 5.74) is 4.67. The van der Waals surface area contributed by atoms with Crippen molar-refractivity contribution in [2.24, 2.45) is 0 Å². The van der Waals surface area contributed by atoms with E-state index < -0.39 is 0 Å². The third-order valence-electron chi connectivity index (χ3n) is 4.68. The Morgan fingerprint density at radius 1 is 1.03 bits per heavy atom. The van der Waals surface area contributed by atoms with Crippen molar-refractivity contribution in [3.8, 4) is 5.75 Å². The van der Waals surface area contributed by atoms with Gasteiger partial charge in [0.25, 0.3) is 5.91 Å². The zero-order valence-corrected chi connectivity index (χ0v) is 17.3. The fourth-order valence-corrected chi connectivity index (χ4v) is 3.20. The number of halogens is 1. The lowest BCUT2D eigenvalue weighted by atomic mass is 10.1. The molecule has 30 heavy (non-hydrogen) atoms. The number of benzene rings is 3. The normalized spacial score (nSPS) is 10.9. The predicted octanol–water partition coefficient (Wildman–Crippen LogP) is 5.65. The number of aromatic nitrogens is 1. The van der Waals surface area contributed by atoms with E-state index >= 15 is 0 Å². The Morgan fingerprint density at radius 2 is 1.77 bits per heavy atom. The number of nitrogens with one attached hydrogen (secondary N) is 1. The molecular formula is C24H21ClN2O3. The summed E-state index contributed by atoms with van der Waals surface area (Å²) < 4.78 is 11.3. The van der Waals surface area contributed by atoms with Crippen LogP contribution in [0.1, 0.15) is 23.9 Å². The summed E-state index contributed by atoms with van der Waals surface area (Å²) >= 11 is 5.83. The second-order valence-electron chi connectivity index (χ2n) is 6.93. The van der Waals surface area contributed by atoms with Crippen molar-refractivity contribution in [1.82, 2.24) is 4.98 Å². The van der Waals surface area contributed by atoms with Crippen LogP contribution < -0.4 is 10.1 Å². The maximum Gasteiger partial charge on any atom is 0.262 e. The molecule has 1 amide bonds. The molecule has 0 radical (unpaired) electrons. The summed E-state index contributed by atoms with van der Waals surface area (Å²) in [4.78, 5) is 16.7. The average molecular weight is 421 g/mol. The standard InChI is InChI=1S/C24H21ClN2O3/c1-2-16-5-12-22-21(13-16)27-24(30-22)14-17-3-8-19(9-4-17)26-23(28)15-29-20-10-6-18(25)7-11-20/h3-13H,2,14-15H2,1H3,(H,26,28). The molecule has 0 spiro atoms. The van der Waals surface area contributed by atoms with Gasteiger partial charge in [0.15, 0.2) is 18.1 Å². The Hall–Kier alpha value is -3.31. The minimum Gasteiger partial charge on any atom is -0.484 e. The van der Waals surface area contributed by atoms with Gasteiger partial charge in [0, 0.05) is 17.1 Å². The van der Waals surface area contributed by atoms with Crippen molar-refractivity contribution >= 4 is 34.3 Å². The van der Waals surface area contributed by atoms with Gasteiger partial charge in [-0.2, -0.15) is 0 Å². The molecule has 0 fully saturated rings. The summed E-state index contributed by atoms with van der Waals surface area (Å²) in [6.07, 6.45) is 1.56. The molecule has 4 rings (SSSR count). The molecule has 0 aliphatic carbocycles. The molecule has 1 aromatic heterocycles. The number of hydrogen-bond acceptors (Lipinski definition) is 4. The van der Waals surface area contributed by atoms with Crippen molar-refractivity contribution in [1.29, 1.82) is 0 Å². The Balaban J connectivity index is 1.33. The van der Waals surface area contributed by atoms with E-state index in [4.69, 9.17) is 20.8 Å². The van der Waals surface area contributed by atoms with Crippen LogP contribution in [0.5, 0.6) is 5.75 Å². The Morgan fingerprint density at radius 3 is 2.50 bits per heavy atom. The van der Waals surface area contributed by atoms with E-state index in [1.54, 1.807) is 24.3 Å². The quantitative estimate of drug-likeness (QED) is 0.419. The predicted molar refractivity (Wildman–Crippen MR) is 118 cm³/mol. The first-order valence-corrected chi connectivity index (χ1v) is 10.1. The molecule has 0 saturated carbocycles. The molecule has 1 N–H and O–H groups in total. The fraction of sp³-hybridized carbons (Fsp3) is 0.167. The smallest absolute Gasteiger partial charge is 0.262 e. The lowest BCUT2D eigenvalue weighted by Crippen LogP contribution is -2.20. The molecular weight excluding hydrogens is 400 g/mol. The van der Waals surface area contributed by atoms with E-state index in [-0.39, 0.29) is 12.5 Å². The number of fused-ring (bicyclic) bond motifs is 1. The van der Waals surface area contributed by atoms with Gasteiger partial charge in [-0.25, -0.2) is 4.98 Å². The largest absolute Gasteiger partial charge is 0.484 e. The van der Waals surface area contributed by atoms with Crippen LogP contribution in [0.2, 0.25) is 5.02 Å². The van der Waals surface area contributed by atoms with Crippen molar-refractivity contribution in [3.05, 3.63) is 88.8 Å². The maximum absolute atomic E-state index is 12.1. The number of ether oxygens (including phenoxy) is 1. The van der Waals surface area contributed by atoms with Crippen LogP contribution in [0.3, 0.4) is 0 Å². The van der Waals surface area contributed by atoms with Crippen molar-refractivity contribution in [3.63, 3.8) is 0 Å². The maximum atomic E-state index is 12.1. The average Bonchev–Trinajstić information content (AvgIpc) is 3.16. The molecule has 0 saturated heterocycles. The number of carbonyl (C=O) groups excluding carboxylic acids is 1. The third kappa shape index (κ3) is 4.99. The van der Waals surface area contributed by atoms with Gasteiger partial charge in [0.1, 0.15) is 11.3 Å². The van der Waals surface area contributed by atoms with E-state index in [1.807, 2.05) is 30.3 Å². The van der Waals surface area contributed by atoms with Gasteiger partial charge in [0.05, 0.1) is 0 Å². The highest BCUT2D eigenvalue weighted by Crippen LogP contribution is 2.20. The molecule has 1 heterocycles. The van der Waals surface area contributed by atoms with Gasteiger partial charge in [-0.1, -0.05) is 36.7 Å². The fourth-order valence-electron chi connectivity index (χ4n) is 3.07. The van der Waals surface area contributed by atoms with E-state index in [9.17, 15) is 4.79 Å². The second kappa shape index (κ2) is 9.01. The first-order valence-electron chi connectivity index (χ1n) is 9.74. The Labute approximate surface area is 179 Å². The zero-order chi connectivity index (χ0) is 20.9. The lowest BCUT2D eigenvalue weighted by molar-refractivity contribution is -0.118. The van der Waals surface area contributed by atoms with Gasteiger partial charge >= 0.3 is 0 Å². The SMILES string of the molecule is CCc1ccc2oc(Cc3ccc(NC(=O)COc4ccc(Cl)cc4)cc3)nc2c1. The van der Waals surface area contributed by atoms with Crippen LogP contribution in [0.4, 0.5) is 5.69 Å². The van der Waals surface area contributed by atoms with Gasteiger partial charge in [-0.05, 0) is 66.1 Å². The number of carbonyl (C=O) groups is 1.